The van der Waals surface area contributed by atoms with E-state index in [0.29, 0.717) is 28.8 Å². The molecule has 0 amide bonds. The van der Waals surface area contributed by atoms with Gasteiger partial charge in [0, 0.05) is 29.3 Å². The van der Waals surface area contributed by atoms with Crippen molar-refractivity contribution in [2.75, 3.05) is 6.61 Å². The first-order valence-corrected chi connectivity index (χ1v) is 8.30. The third-order valence-electron chi connectivity index (χ3n) is 4.51. The van der Waals surface area contributed by atoms with Crippen molar-refractivity contribution in [3.05, 3.63) is 70.8 Å². The summed E-state index contributed by atoms with van der Waals surface area (Å²) in [6, 6.07) is 6.04. The zero-order valence-corrected chi connectivity index (χ0v) is 14.1. The number of allylic oxidation sites excluding steroid dienone is 3. The van der Waals surface area contributed by atoms with E-state index in [4.69, 9.17) is 4.74 Å². The molecule has 25 heavy (non-hydrogen) atoms. The highest BCUT2D eigenvalue weighted by atomic mass is 19.1. The minimum Gasteiger partial charge on any atom is -0.458 e. The van der Waals surface area contributed by atoms with Crippen LogP contribution < -0.4 is 5.32 Å². The summed E-state index contributed by atoms with van der Waals surface area (Å²) in [5.41, 5.74) is 2.93. The topological polar surface area (TPSA) is 55.4 Å². The molecule has 0 radical (unpaired) electrons. The van der Waals surface area contributed by atoms with Crippen LogP contribution in [0.4, 0.5) is 4.39 Å². The molecule has 4 nitrogen and oxygen atoms in total. The number of rotatable bonds is 4. The van der Waals surface area contributed by atoms with Crippen molar-refractivity contribution >= 4 is 11.8 Å². The van der Waals surface area contributed by atoms with Crippen molar-refractivity contribution in [2.24, 2.45) is 0 Å². The second-order valence-corrected chi connectivity index (χ2v) is 6.21. The number of nitrogens with one attached hydrogen (secondary N) is 1. The number of Topliss-reactive ketones (excluding diaryl/α,β-unsaturated/α-hetero) is 1. The fraction of sp³-hybridized carbons (Fsp3) is 0.300. The van der Waals surface area contributed by atoms with Gasteiger partial charge < -0.3 is 10.1 Å². The summed E-state index contributed by atoms with van der Waals surface area (Å²) in [5, 5.41) is 3.19. The van der Waals surface area contributed by atoms with E-state index < -0.39 is 17.7 Å². The molecule has 2 aliphatic rings. The lowest BCUT2D eigenvalue weighted by Gasteiger charge is -2.34. The second kappa shape index (κ2) is 7.05. The van der Waals surface area contributed by atoms with Crippen molar-refractivity contribution in [3.8, 4) is 0 Å². The molecule has 1 aliphatic heterocycles. The lowest BCUT2D eigenvalue weighted by Crippen LogP contribution is -2.34. The molecule has 1 heterocycles. The zero-order chi connectivity index (χ0) is 18.0. The molecular weight excluding hydrogens is 321 g/mol. The molecule has 1 aromatic rings. The number of halogens is 1. The minimum absolute atomic E-state index is 0.00969. The molecule has 0 bridgehead atoms. The maximum atomic E-state index is 13.8. The Morgan fingerprint density at radius 1 is 1.44 bits per heavy atom. The molecule has 0 aromatic heterocycles. The quantitative estimate of drug-likeness (QED) is 0.672. The summed E-state index contributed by atoms with van der Waals surface area (Å²) in [5.74, 6) is -1.55. The highest BCUT2D eigenvalue weighted by Crippen LogP contribution is 2.42. The number of hydrogen-bond acceptors (Lipinski definition) is 4. The van der Waals surface area contributed by atoms with Gasteiger partial charge in [0.05, 0.1) is 5.57 Å². The first-order chi connectivity index (χ1) is 12.0. The molecule has 1 N–H and O–H groups in total. The van der Waals surface area contributed by atoms with Crippen LogP contribution in [0.5, 0.6) is 0 Å². The van der Waals surface area contributed by atoms with E-state index in [1.807, 2.05) is 0 Å². The molecule has 0 spiro atoms. The lowest BCUT2D eigenvalue weighted by atomic mass is 9.75. The Morgan fingerprint density at radius 3 is 2.96 bits per heavy atom. The van der Waals surface area contributed by atoms with E-state index >= 15 is 0 Å². The zero-order valence-electron chi connectivity index (χ0n) is 14.1. The molecule has 0 saturated carbocycles. The fourth-order valence-electron chi connectivity index (χ4n) is 3.49. The Morgan fingerprint density at radius 2 is 2.24 bits per heavy atom. The molecule has 0 fully saturated rings. The number of esters is 1. The van der Waals surface area contributed by atoms with Gasteiger partial charge in [0.1, 0.15) is 12.4 Å². The van der Waals surface area contributed by atoms with Gasteiger partial charge in [-0.3, -0.25) is 4.79 Å². The smallest absolute Gasteiger partial charge is 0.337 e. The van der Waals surface area contributed by atoms with E-state index in [1.165, 1.54) is 18.2 Å². The molecule has 130 valence electrons. The number of hydrogen-bond donors (Lipinski definition) is 1. The van der Waals surface area contributed by atoms with Gasteiger partial charge in [-0.1, -0.05) is 24.8 Å². The van der Waals surface area contributed by atoms with Crippen LogP contribution in [-0.2, 0) is 14.3 Å². The Hall–Kier alpha value is -2.69. The van der Waals surface area contributed by atoms with Crippen LogP contribution in [0.1, 0.15) is 37.7 Å². The number of carbonyl (C=O) groups is 2. The van der Waals surface area contributed by atoms with Gasteiger partial charge in [-0.05, 0) is 37.5 Å². The highest BCUT2D eigenvalue weighted by molar-refractivity contribution is 6.03. The van der Waals surface area contributed by atoms with Gasteiger partial charge >= 0.3 is 5.97 Å². The Bertz CT molecular complexity index is 807. The lowest BCUT2D eigenvalue weighted by molar-refractivity contribution is -0.138. The molecule has 1 aromatic carbocycles. The van der Waals surface area contributed by atoms with Crippen LogP contribution in [0.2, 0.25) is 0 Å². The third-order valence-corrected chi connectivity index (χ3v) is 4.51. The van der Waals surface area contributed by atoms with E-state index in [2.05, 4.69) is 11.9 Å². The molecule has 1 atom stereocenters. The van der Waals surface area contributed by atoms with Gasteiger partial charge in [0.2, 0.25) is 0 Å². The van der Waals surface area contributed by atoms with Crippen LogP contribution >= 0.6 is 0 Å². The van der Waals surface area contributed by atoms with Gasteiger partial charge in [0.25, 0.3) is 0 Å². The standard InChI is InChI=1S/C20H20FNO3/c1-3-10-25-20(24)17-12(2)22-15-8-5-9-16(23)19(15)18(17)13-6-4-7-14(21)11-13/h3-4,6-7,11,18,22H,1,5,8-10H2,2H3/t18-/m1/s1. The number of dihydropyridines is 1. The SMILES string of the molecule is C=CCOC(=O)C1=C(C)NC2=C(C(=O)CCC2)[C@@H]1c1cccc(F)c1. The van der Waals surface area contributed by atoms with Crippen molar-refractivity contribution in [1.82, 2.24) is 5.32 Å². The average Bonchev–Trinajstić information content (AvgIpc) is 2.58. The average molecular weight is 341 g/mol. The molecule has 3 rings (SSSR count). The molecule has 0 unspecified atom stereocenters. The summed E-state index contributed by atoms with van der Waals surface area (Å²) in [4.78, 5) is 25.2. The van der Waals surface area contributed by atoms with Crippen LogP contribution in [0.15, 0.2) is 59.5 Å². The number of ketones is 1. The number of ether oxygens (including phenoxy) is 1. The summed E-state index contributed by atoms with van der Waals surface area (Å²) >= 11 is 0. The Labute approximate surface area is 146 Å². The largest absolute Gasteiger partial charge is 0.458 e. The number of benzene rings is 1. The second-order valence-electron chi connectivity index (χ2n) is 6.21. The normalized spacial score (nSPS) is 20.1. The van der Waals surface area contributed by atoms with Crippen LogP contribution in [0, 0.1) is 5.82 Å². The van der Waals surface area contributed by atoms with Crippen LogP contribution in [-0.4, -0.2) is 18.4 Å². The van der Waals surface area contributed by atoms with Crippen molar-refractivity contribution < 1.29 is 18.7 Å². The van der Waals surface area contributed by atoms with E-state index in [9.17, 15) is 14.0 Å². The van der Waals surface area contributed by atoms with Crippen LogP contribution in [0.25, 0.3) is 0 Å². The minimum atomic E-state index is -0.614. The fourth-order valence-corrected chi connectivity index (χ4v) is 3.49. The van der Waals surface area contributed by atoms with Crippen molar-refractivity contribution in [2.45, 2.75) is 32.1 Å². The monoisotopic (exact) mass is 341 g/mol. The summed E-state index contributed by atoms with van der Waals surface area (Å²) < 4.78 is 19.0. The highest BCUT2D eigenvalue weighted by Gasteiger charge is 2.39. The third kappa shape index (κ3) is 3.27. The van der Waals surface area contributed by atoms with Gasteiger partial charge in [-0.25, -0.2) is 9.18 Å². The first kappa shape index (κ1) is 17.1. The first-order valence-electron chi connectivity index (χ1n) is 8.30. The van der Waals surface area contributed by atoms with Gasteiger partial charge in [-0.15, -0.1) is 0 Å². The van der Waals surface area contributed by atoms with Gasteiger partial charge in [-0.2, -0.15) is 0 Å². The molecule has 0 saturated heterocycles. The van der Waals surface area contributed by atoms with E-state index in [-0.39, 0.29) is 12.4 Å². The summed E-state index contributed by atoms with van der Waals surface area (Å²) in [7, 11) is 0. The maximum absolute atomic E-state index is 13.8. The molecular formula is C20H20FNO3. The van der Waals surface area contributed by atoms with Crippen molar-refractivity contribution in [1.29, 1.82) is 0 Å². The predicted molar refractivity (Wildman–Crippen MR) is 92.0 cm³/mol. The Kier molecular flexibility index (Phi) is 4.83. The predicted octanol–water partition coefficient (Wildman–Crippen LogP) is 3.52. The van der Waals surface area contributed by atoms with E-state index in [0.717, 1.165) is 18.5 Å². The van der Waals surface area contributed by atoms with Crippen molar-refractivity contribution in [3.63, 3.8) is 0 Å². The summed E-state index contributed by atoms with van der Waals surface area (Å²) in [6.07, 6.45) is 3.42. The maximum Gasteiger partial charge on any atom is 0.337 e. The van der Waals surface area contributed by atoms with E-state index in [1.54, 1.807) is 19.1 Å². The van der Waals surface area contributed by atoms with Gasteiger partial charge in [0.15, 0.2) is 5.78 Å². The molecule has 5 heteroatoms. The number of carbonyl (C=O) groups excluding carboxylic acids is 2. The molecule has 1 aliphatic carbocycles. The Balaban J connectivity index is 2.13. The summed E-state index contributed by atoms with van der Waals surface area (Å²) in [6.45, 7) is 5.39. The van der Waals surface area contributed by atoms with Crippen LogP contribution in [0.3, 0.4) is 0 Å².